The van der Waals surface area contributed by atoms with E-state index in [0.717, 1.165) is 43.3 Å². The lowest BCUT2D eigenvalue weighted by atomic mass is 10.2. The number of methoxy groups -OCH3 is 1. The van der Waals surface area contributed by atoms with Crippen LogP contribution in [-0.2, 0) is 13.1 Å². The maximum Gasteiger partial charge on any atom is 0.191 e. The van der Waals surface area contributed by atoms with Gasteiger partial charge in [0.15, 0.2) is 5.96 Å². The van der Waals surface area contributed by atoms with Crippen LogP contribution in [0.3, 0.4) is 0 Å². The number of aromatic nitrogens is 2. The summed E-state index contributed by atoms with van der Waals surface area (Å²) in [6, 6.07) is 7.95. The fourth-order valence-corrected chi connectivity index (χ4v) is 2.23. The van der Waals surface area contributed by atoms with Gasteiger partial charge in [0.2, 0.25) is 0 Å². The number of nitrogens with one attached hydrogen (secondary N) is 2. The standard InChI is InChI=1S/C17H25N5O/c1-3-19-17(20-9-6-11-22-12-10-18-14-22)21-13-15-7-4-5-8-16(15)23-2/h4-5,7-8,10,12,14H,3,6,9,11,13H2,1-2H3,(H2,19,20,21). The van der Waals surface area contributed by atoms with Gasteiger partial charge in [-0.05, 0) is 19.4 Å². The van der Waals surface area contributed by atoms with E-state index >= 15 is 0 Å². The van der Waals surface area contributed by atoms with Gasteiger partial charge in [-0.2, -0.15) is 0 Å². The minimum atomic E-state index is 0.584. The monoisotopic (exact) mass is 315 g/mol. The van der Waals surface area contributed by atoms with Crippen LogP contribution in [0.4, 0.5) is 0 Å². The van der Waals surface area contributed by atoms with Gasteiger partial charge in [0, 0.05) is 37.6 Å². The molecule has 124 valence electrons. The molecule has 2 rings (SSSR count). The Morgan fingerprint density at radius 3 is 2.91 bits per heavy atom. The van der Waals surface area contributed by atoms with Crippen molar-refractivity contribution >= 4 is 5.96 Å². The van der Waals surface area contributed by atoms with Gasteiger partial charge in [-0.1, -0.05) is 18.2 Å². The molecule has 0 saturated carbocycles. The van der Waals surface area contributed by atoms with Crippen LogP contribution >= 0.6 is 0 Å². The molecule has 0 aliphatic rings. The van der Waals surface area contributed by atoms with Gasteiger partial charge in [0.1, 0.15) is 5.75 Å². The van der Waals surface area contributed by atoms with E-state index in [0.29, 0.717) is 6.54 Å². The first-order valence-electron chi connectivity index (χ1n) is 7.93. The van der Waals surface area contributed by atoms with Gasteiger partial charge in [0.25, 0.3) is 0 Å². The summed E-state index contributed by atoms with van der Waals surface area (Å²) in [6.07, 6.45) is 6.61. The number of aryl methyl sites for hydroxylation is 1. The zero-order chi connectivity index (χ0) is 16.3. The smallest absolute Gasteiger partial charge is 0.191 e. The summed E-state index contributed by atoms with van der Waals surface area (Å²) in [4.78, 5) is 8.66. The highest BCUT2D eigenvalue weighted by Crippen LogP contribution is 2.17. The van der Waals surface area contributed by atoms with Crippen molar-refractivity contribution in [3.63, 3.8) is 0 Å². The van der Waals surface area contributed by atoms with Gasteiger partial charge >= 0.3 is 0 Å². The first-order valence-corrected chi connectivity index (χ1v) is 7.93. The Kier molecular flexibility index (Phi) is 6.97. The number of guanidine groups is 1. The van der Waals surface area contributed by atoms with Gasteiger partial charge in [0.05, 0.1) is 20.0 Å². The lowest BCUT2D eigenvalue weighted by molar-refractivity contribution is 0.410. The number of rotatable bonds is 8. The molecule has 0 saturated heterocycles. The van der Waals surface area contributed by atoms with Crippen LogP contribution in [0, 0.1) is 0 Å². The van der Waals surface area contributed by atoms with E-state index in [4.69, 9.17) is 4.74 Å². The van der Waals surface area contributed by atoms with Crippen molar-refractivity contribution in [3.05, 3.63) is 48.5 Å². The molecule has 2 N–H and O–H groups in total. The summed E-state index contributed by atoms with van der Waals surface area (Å²) in [5.74, 6) is 1.69. The Morgan fingerprint density at radius 1 is 1.30 bits per heavy atom. The molecule has 0 radical (unpaired) electrons. The first-order chi connectivity index (χ1) is 11.3. The SMILES string of the molecule is CCNC(=NCc1ccccc1OC)NCCCn1ccnc1. The van der Waals surface area contributed by atoms with E-state index in [1.165, 1.54) is 0 Å². The molecule has 6 nitrogen and oxygen atoms in total. The van der Waals surface area contributed by atoms with Crippen molar-refractivity contribution in [2.45, 2.75) is 26.4 Å². The number of nitrogens with zero attached hydrogens (tertiary/aromatic N) is 3. The van der Waals surface area contributed by atoms with E-state index in [1.54, 1.807) is 13.3 Å². The first kappa shape index (κ1) is 16.9. The topological polar surface area (TPSA) is 63.5 Å². The van der Waals surface area contributed by atoms with Crippen LogP contribution in [0.15, 0.2) is 48.0 Å². The van der Waals surface area contributed by atoms with E-state index in [9.17, 15) is 0 Å². The minimum absolute atomic E-state index is 0.584. The van der Waals surface area contributed by atoms with Gasteiger partial charge in [-0.25, -0.2) is 9.98 Å². The number of aliphatic imine (C=N–C) groups is 1. The third kappa shape index (κ3) is 5.65. The lowest BCUT2D eigenvalue weighted by Gasteiger charge is -2.12. The van der Waals surface area contributed by atoms with Gasteiger partial charge in [-0.3, -0.25) is 0 Å². The number of para-hydroxylation sites is 1. The number of ether oxygens (including phenoxy) is 1. The maximum absolute atomic E-state index is 5.36. The normalized spacial score (nSPS) is 11.3. The summed E-state index contributed by atoms with van der Waals surface area (Å²) in [5.41, 5.74) is 1.07. The maximum atomic E-state index is 5.36. The van der Waals surface area contributed by atoms with Crippen molar-refractivity contribution in [2.24, 2.45) is 4.99 Å². The third-order valence-electron chi connectivity index (χ3n) is 3.39. The molecule has 0 spiro atoms. The van der Waals surface area contributed by atoms with Crippen LogP contribution in [0.25, 0.3) is 0 Å². The number of imidazole rings is 1. The van der Waals surface area contributed by atoms with E-state index in [-0.39, 0.29) is 0 Å². The molecule has 0 aliphatic carbocycles. The molecule has 0 fully saturated rings. The molecule has 2 aromatic rings. The molecule has 1 aromatic heterocycles. The molecule has 0 bridgehead atoms. The molecule has 6 heteroatoms. The van der Waals surface area contributed by atoms with Crippen LogP contribution in [0.2, 0.25) is 0 Å². The van der Waals surface area contributed by atoms with E-state index in [1.807, 2.05) is 36.8 Å². The predicted molar refractivity (Wildman–Crippen MR) is 92.7 cm³/mol. The Hall–Kier alpha value is -2.50. The van der Waals surface area contributed by atoms with Crippen LogP contribution < -0.4 is 15.4 Å². The average molecular weight is 315 g/mol. The number of benzene rings is 1. The molecule has 23 heavy (non-hydrogen) atoms. The van der Waals surface area contributed by atoms with Crippen molar-refractivity contribution < 1.29 is 4.74 Å². The highest BCUT2D eigenvalue weighted by molar-refractivity contribution is 5.79. The zero-order valence-corrected chi connectivity index (χ0v) is 13.8. The summed E-state index contributed by atoms with van der Waals surface area (Å²) in [7, 11) is 1.68. The fourth-order valence-electron chi connectivity index (χ4n) is 2.23. The van der Waals surface area contributed by atoms with Gasteiger partial charge < -0.3 is 19.9 Å². The summed E-state index contributed by atoms with van der Waals surface area (Å²) in [5, 5.41) is 6.62. The zero-order valence-electron chi connectivity index (χ0n) is 13.8. The van der Waals surface area contributed by atoms with Crippen molar-refractivity contribution in [3.8, 4) is 5.75 Å². The second-order valence-corrected chi connectivity index (χ2v) is 5.09. The van der Waals surface area contributed by atoms with Gasteiger partial charge in [-0.15, -0.1) is 0 Å². The summed E-state index contributed by atoms with van der Waals surface area (Å²) < 4.78 is 7.43. The van der Waals surface area contributed by atoms with Crippen LogP contribution in [-0.4, -0.2) is 35.7 Å². The van der Waals surface area contributed by atoms with Crippen molar-refractivity contribution in [2.75, 3.05) is 20.2 Å². The number of hydrogen-bond donors (Lipinski definition) is 2. The van der Waals surface area contributed by atoms with Crippen LogP contribution in [0.1, 0.15) is 18.9 Å². The largest absolute Gasteiger partial charge is 0.496 e. The minimum Gasteiger partial charge on any atom is -0.496 e. The Labute approximate surface area is 137 Å². The highest BCUT2D eigenvalue weighted by Gasteiger charge is 2.02. The number of hydrogen-bond acceptors (Lipinski definition) is 3. The summed E-state index contributed by atoms with van der Waals surface area (Å²) in [6.45, 7) is 5.28. The van der Waals surface area contributed by atoms with Crippen molar-refractivity contribution in [1.82, 2.24) is 20.2 Å². The average Bonchev–Trinajstić information content (AvgIpc) is 3.10. The third-order valence-corrected chi connectivity index (χ3v) is 3.39. The van der Waals surface area contributed by atoms with Crippen LogP contribution in [0.5, 0.6) is 5.75 Å². The Balaban J connectivity index is 1.84. The molecule has 0 atom stereocenters. The molecule has 0 aliphatic heterocycles. The highest BCUT2D eigenvalue weighted by atomic mass is 16.5. The Bertz CT molecular complexity index is 595. The second-order valence-electron chi connectivity index (χ2n) is 5.09. The Morgan fingerprint density at radius 2 is 2.17 bits per heavy atom. The van der Waals surface area contributed by atoms with E-state index in [2.05, 4.69) is 32.1 Å². The molecular weight excluding hydrogens is 290 g/mol. The fraction of sp³-hybridized carbons (Fsp3) is 0.412. The lowest BCUT2D eigenvalue weighted by Crippen LogP contribution is -2.38. The molecule has 1 aromatic carbocycles. The molecule has 0 amide bonds. The molecule has 1 heterocycles. The molecular formula is C17H25N5O. The second kappa shape index (κ2) is 9.50. The predicted octanol–water partition coefficient (Wildman–Crippen LogP) is 2.04. The van der Waals surface area contributed by atoms with E-state index < -0.39 is 0 Å². The summed E-state index contributed by atoms with van der Waals surface area (Å²) >= 11 is 0. The van der Waals surface area contributed by atoms with Crippen molar-refractivity contribution in [1.29, 1.82) is 0 Å². The quantitative estimate of drug-likeness (QED) is 0.444. The molecule has 0 unspecified atom stereocenters.